The van der Waals surface area contributed by atoms with Crippen molar-refractivity contribution >= 4 is 21.6 Å². The largest absolute Gasteiger partial charge is 0.261 e. The Morgan fingerprint density at radius 3 is 3.20 bits per heavy atom. The number of fused-ring (bicyclic) bond motifs is 1. The molecule has 0 amide bonds. The maximum Gasteiger partial charge on any atom is 0.0522 e. The maximum atomic E-state index is 4.19. The van der Waals surface area contributed by atoms with Gasteiger partial charge in [0.25, 0.3) is 0 Å². The molecule has 10 heavy (non-hydrogen) atoms. The van der Waals surface area contributed by atoms with E-state index in [9.17, 15) is 0 Å². The highest BCUT2D eigenvalue weighted by Gasteiger charge is 2.14. The highest BCUT2D eigenvalue weighted by atomic mass is 79.9. The fourth-order valence-corrected chi connectivity index (χ4v) is 1.47. The number of rotatable bonds is 0. The molecule has 0 unspecified atom stereocenters. The van der Waals surface area contributed by atoms with Crippen LogP contribution in [-0.4, -0.2) is 5.71 Å². The van der Waals surface area contributed by atoms with Crippen LogP contribution in [0.1, 0.15) is 0 Å². The Balaban J connectivity index is 2.39. The van der Waals surface area contributed by atoms with Gasteiger partial charge in [-0.25, -0.2) is 0 Å². The van der Waals surface area contributed by atoms with E-state index in [0.29, 0.717) is 5.92 Å². The Kier molecular flexibility index (Phi) is 1.34. The van der Waals surface area contributed by atoms with E-state index in [4.69, 9.17) is 0 Å². The van der Waals surface area contributed by atoms with Crippen molar-refractivity contribution in [3.05, 3.63) is 35.0 Å². The quantitative estimate of drug-likeness (QED) is 0.564. The van der Waals surface area contributed by atoms with Crippen LogP contribution in [0.2, 0.25) is 0 Å². The van der Waals surface area contributed by atoms with Crippen molar-refractivity contribution in [3.63, 3.8) is 0 Å². The topological polar surface area (TPSA) is 12.4 Å². The Bertz CT molecular complexity index is 271. The average molecular weight is 196 g/mol. The zero-order chi connectivity index (χ0) is 6.97. The fraction of sp³-hybridized carbons (Fsp3) is 0.125. The van der Waals surface area contributed by atoms with Gasteiger partial charge in [0.15, 0.2) is 0 Å². The van der Waals surface area contributed by atoms with Crippen molar-refractivity contribution < 1.29 is 0 Å². The number of aliphatic imine (C=N–C) groups is 1. The molecule has 0 radical (unpaired) electrons. The molecule has 50 valence electrons. The Morgan fingerprint density at radius 2 is 2.30 bits per heavy atom. The van der Waals surface area contributed by atoms with Crippen molar-refractivity contribution in [3.8, 4) is 0 Å². The molecule has 1 heterocycles. The van der Waals surface area contributed by atoms with E-state index in [1.165, 1.54) is 0 Å². The highest BCUT2D eigenvalue weighted by Crippen LogP contribution is 2.22. The molecule has 1 aliphatic heterocycles. The number of nitrogens with zero attached hydrogens (tertiary/aromatic N) is 1. The lowest BCUT2D eigenvalue weighted by Gasteiger charge is -2.07. The Hall–Kier alpha value is -0.630. The number of hydrogen-bond acceptors (Lipinski definition) is 1. The van der Waals surface area contributed by atoms with E-state index in [2.05, 4.69) is 39.2 Å². The van der Waals surface area contributed by atoms with Crippen LogP contribution in [0.15, 0.2) is 40.0 Å². The summed E-state index contributed by atoms with van der Waals surface area (Å²) in [4.78, 5) is 4.19. The van der Waals surface area contributed by atoms with E-state index < -0.39 is 0 Å². The summed E-state index contributed by atoms with van der Waals surface area (Å²) >= 11 is 3.39. The van der Waals surface area contributed by atoms with E-state index in [-0.39, 0.29) is 0 Å². The predicted octanol–water partition coefficient (Wildman–Crippen LogP) is 2.42. The number of halogens is 1. The van der Waals surface area contributed by atoms with E-state index in [0.717, 1.165) is 10.2 Å². The second-order valence-corrected chi connectivity index (χ2v) is 3.23. The summed E-state index contributed by atoms with van der Waals surface area (Å²) in [5, 5.41) is 0. The summed E-state index contributed by atoms with van der Waals surface area (Å²) in [5.74, 6) is 0.432. The molecule has 1 aliphatic carbocycles. The molecule has 1 nitrogen and oxygen atoms in total. The van der Waals surface area contributed by atoms with Crippen molar-refractivity contribution in [2.45, 2.75) is 0 Å². The van der Waals surface area contributed by atoms with Gasteiger partial charge in [-0.3, -0.25) is 4.99 Å². The lowest BCUT2D eigenvalue weighted by Crippen LogP contribution is -2.06. The smallest absolute Gasteiger partial charge is 0.0522 e. The van der Waals surface area contributed by atoms with Crippen LogP contribution in [0.4, 0.5) is 0 Å². The molecular formula is C8H6BrN. The van der Waals surface area contributed by atoms with Crippen LogP contribution in [0.3, 0.4) is 0 Å². The first-order valence-corrected chi connectivity index (χ1v) is 3.95. The van der Waals surface area contributed by atoms with E-state index in [1.54, 1.807) is 0 Å². The van der Waals surface area contributed by atoms with Crippen LogP contribution in [0, 0.1) is 5.92 Å². The molecule has 2 rings (SSSR count). The van der Waals surface area contributed by atoms with Crippen molar-refractivity contribution in [2.24, 2.45) is 10.9 Å². The second-order valence-electron chi connectivity index (χ2n) is 2.31. The minimum absolute atomic E-state index is 0.432. The summed E-state index contributed by atoms with van der Waals surface area (Å²) in [6.07, 6.45) is 10.2. The van der Waals surface area contributed by atoms with Gasteiger partial charge in [-0.05, 0) is 6.08 Å². The van der Waals surface area contributed by atoms with Crippen LogP contribution >= 0.6 is 15.9 Å². The minimum Gasteiger partial charge on any atom is -0.261 e. The monoisotopic (exact) mass is 195 g/mol. The lowest BCUT2D eigenvalue weighted by molar-refractivity contribution is 1.16. The average Bonchev–Trinajstić information content (AvgIpc) is 2.33. The third kappa shape index (κ3) is 0.886. The molecule has 0 saturated heterocycles. The van der Waals surface area contributed by atoms with Gasteiger partial charge in [0.2, 0.25) is 0 Å². The third-order valence-corrected chi connectivity index (χ3v) is 2.10. The fourth-order valence-electron chi connectivity index (χ4n) is 1.09. The summed E-state index contributed by atoms with van der Waals surface area (Å²) in [7, 11) is 0. The summed E-state index contributed by atoms with van der Waals surface area (Å²) < 4.78 is 1.10. The van der Waals surface area contributed by atoms with Crippen LogP contribution in [0.5, 0.6) is 0 Å². The van der Waals surface area contributed by atoms with Gasteiger partial charge < -0.3 is 0 Å². The standard InChI is InChI=1S/C8H6BrN/c9-7-2-1-6-3-4-10-8(6)5-7/h1-6H/t6-/m0/s1. The van der Waals surface area contributed by atoms with Gasteiger partial charge in [-0.2, -0.15) is 0 Å². The molecule has 0 saturated carbocycles. The maximum absolute atomic E-state index is 4.19. The normalized spacial score (nSPS) is 27.9. The Morgan fingerprint density at radius 1 is 1.40 bits per heavy atom. The Labute approximate surface area is 68.0 Å². The molecule has 0 N–H and O–H groups in total. The molecule has 2 aliphatic rings. The second kappa shape index (κ2) is 2.20. The van der Waals surface area contributed by atoms with Crippen LogP contribution in [-0.2, 0) is 0 Å². The van der Waals surface area contributed by atoms with Crippen LogP contribution in [0.25, 0.3) is 0 Å². The van der Waals surface area contributed by atoms with E-state index >= 15 is 0 Å². The molecule has 0 spiro atoms. The van der Waals surface area contributed by atoms with Gasteiger partial charge in [-0.1, -0.05) is 34.2 Å². The first kappa shape index (κ1) is 6.10. The number of hydrogen-bond donors (Lipinski definition) is 0. The van der Waals surface area contributed by atoms with Gasteiger partial charge in [0, 0.05) is 16.6 Å². The van der Waals surface area contributed by atoms with Gasteiger partial charge in [-0.15, -0.1) is 0 Å². The molecule has 0 fully saturated rings. The summed E-state index contributed by atoms with van der Waals surface area (Å²) in [6.45, 7) is 0. The lowest BCUT2D eigenvalue weighted by atomic mass is 10.0. The molecule has 0 aromatic heterocycles. The zero-order valence-corrected chi connectivity index (χ0v) is 6.88. The van der Waals surface area contributed by atoms with Crippen molar-refractivity contribution in [2.75, 3.05) is 0 Å². The molecule has 0 aromatic carbocycles. The molecule has 0 aromatic rings. The number of allylic oxidation sites excluding steroid dienone is 5. The molecule has 2 heteroatoms. The van der Waals surface area contributed by atoms with Crippen molar-refractivity contribution in [1.29, 1.82) is 0 Å². The van der Waals surface area contributed by atoms with Gasteiger partial charge in [0.1, 0.15) is 0 Å². The van der Waals surface area contributed by atoms with Crippen molar-refractivity contribution in [1.82, 2.24) is 0 Å². The SMILES string of the molecule is BrC1=CC2=NC=C[C@@H]2C=C1. The first-order valence-electron chi connectivity index (χ1n) is 3.16. The zero-order valence-electron chi connectivity index (χ0n) is 5.29. The van der Waals surface area contributed by atoms with Crippen LogP contribution < -0.4 is 0 Å². The molecule has 1 atom stereocenters. The van der Waals surface area contributed by atoms with Gasteiger partial charge >= 0.3 is 0 Å². The van der Waals surface area contributed by atoms with Gasteiger partial charge in [0.05, 0.1) is 5.71 Å². The predicted molar refractivity (Wildman–Crippen MR) is 46.2 cm³/mol. The summed E-state index contributed by atoms with van der Waals surface area (Å²) in [6, 6.07) is 0. The summed E-state index contributed by atoms with van der Waals surface area (Å²) in [5.41, 5.74) is 1.13. The van der Waals surface area contributed by atoms with E-state index in [1.807, 2.05) is 12.3 Å². The molecule has 0 bridgehead atoms. The first-order chi connectivity index (χ1) is 4.86. The molecular weight excluding hydrogens is 190 g/mol. The minimum atomic E-state index is 0.432. The third-order valence-electron chi connectivity index (χ3n) is 1.61. The highest BCUT2D eigenvalue weighted by molar-refractivity contribution is 9.11.